The molecule has 2 heteroatoms. The third-order valence-corrected chi connectivity index (χ3v) is 6.02. The Bertz CT molecular complexity index is 739. The average Bonchev–Trinajstić information content (AvgIpc) is 2.61. The molecule has 3 aliphatic rings. The summed E-state index contributed by atoms with van der Waals surface area (Å²) in [5.41, 5.74) is 5.24. The topological polar surface area (TPSA) is 24.9 Å². The minimum absolute atomic E-state index is 0.504. The third kappa shape index (κ3) is 4.42. The minimum atomic E-state index is 0.504. The number of pyridine rings is 1. The fourth-order valence-electron chi connectivity index (χ4n) is 4.18. The first-order valence-electron chi connectivity index (χ1n) is 9.94. The van der Waals surface area contributed by atoms with Crippen molar-refractivity contribution >= 4 is 0 Å². The number of allylic oxidation sites excluding steroid dienone is 8. The molecule has 0 spiro atoms. The Morgan fingerprint density at radius 3 is 2.62 bits per heavy atom. The van der Waals surface area contributed by atoms with Gasteiger partial charge >= 0.3 is 0 Å². The SMILES string of the molecule is CC1=C/C=C\C=C/C=C\1.Cc1ccc2c(n1)C1NCC(C)C(C)C1CC2. The number of aryl methyl sites for hydroxylation is 2. The maximum absolute atomic E-state index is 4.80. The van der Waals surface area contributed by atoms with Gasteiger partial charge in [-0.3, -0.25) is 4.98 Å². The van der Waals surface area contributed by atoms with Crippen molar-refractivity contribution in [2.45, 2.75) is 46.6 Å². The Kier molecular flexibility index (Phi) is 6.26. The molecule has 4 unspecified atom stereocenters. The lowest BCUT2D eigenvalue weighted by molar-refractivity contribution is 0.125. The predicted octanol–water partition coefficient (Wildman–Crippen LogP) is 5.48. The molecule has 0 aromatic carbocycles. The van der Waals surface area contributed by atoms with Crippen LogP contribution in [0, 0.1) is 24.7 Å². The fraction of sp³-hybridized carbons (Fsp3) is 0.458. The van der Waals surface area contributed by atoms with Crippen LogP contribution in [0.15, 0.2) is 60.2 Å². The zero-order valence-corrected chi connectivity index (χ0v) is 16.6. The number of hydrogen-bond donors (Lipinski definition) is 1. The highest BCUT2D eigenvalue weighted by atomic mass is 15.0. The van der Waals surface area contributed by atoms with Crippen molar-refractivity contribution in [3.63, 3.8) is 0 Å². The van der Waals surface area contributed by atoms with Crippen LogP contribution in [-0.2, 0) is 6.42 Å². The van der Waals surface area contributed by atoms with Crippen LogP contribution in [0.4, 0.5) is 0 Å². The molecule has 1 aromatic heterocycles. The maximum atomic E-state index is 4.80. The zero-order valence-electron chi connectivity index (χ0n) is 16.6. The van der Waals surface area contributed by atoms with Gasteiger partial charge in [0.15, 0.2) is 0 Å². The van der Waals surface area contributed by atoms with Gasteiger partial charge in [0, 0.05) is 5.69 Å². The molecule has 2 aliphatic carbocycles. The first kappa shape index (κ1) is 18.8. The van der Waals surface area contributed by atoms with Crippen LogP contribution in [0.25, 0.3) is 0 Å². The molecule has 2 heterocycles. The number of nitrogens with one attached hydrogen (secondary N) is 1. The highest BCUT2D eigenvalue weighted by Crippen LogP contribution is 2.42. The first-order chi connectivity index (χ1) is 12.6. The van der Waals surface area contributed by atoms with Gasteiger partial charge in [-0.15, -0.1) is 0 Å². The van der Waals surface area contributed by atoms with Crippen molar-refractivity contribution in [2.24, 2.45) is 17.8 Å². The van der Waals surface area contributed by atoms with Crippen LogP contribution in [0.5, 0.6) is 0 Å². The van der Waals surface area contributed by atoms with Crippen LogP contribution in [0.2, 0.25) is 0 Å². The molecule has 2 nitrogen and oxygen atoms in total. The molecule has 0 saturated carbocycles. The van der Waals surface area contributed by atoms with E-state index in [-0.39, 0.29) is 0 Å². The van der Waals surface area contributed by atoms with Gasteiger partial charge in [-0.2, -0.15) is 0 Å². The van der Waals surface area contributed by atoms with Gasteiger partial charge in [-0.05, 0) is 62.6 Å². The van der Waals surface area contributed by atoms with Crippen LogP contribution in [0.1, 0.15) is 50.2 Å². The molecule has 138 valence electrons. The average molecular weight is 349 g/mol. The number of aromatic nitrogens is 1. The highest BCUT2D eigenvalue weighted by Gasteiger charge is 2.39. The van der Waals surface area contributed by atoms with Crippen LogP contribution < -0.4 is 5.32 Å². The largest absolute Gasteiger partial charge is 0.308 e. The summed E-state index contributed by atoms with van der Waals surface area (Å²) in [7, 11) is 0. The van der Waals surface area contributed by atoms with Crippen molar-refractivity contribution in [3.05, 3.63) is 77.2 Å². The van der Waals surface area contributed by atoms with E-state index in [1.165, 1.54) is 29.7 Å². The molecule has 0 bridgehead atoms. The molecule has 1 fully saturated rings. The lowest BCUT2D eigenvalue weighted by Gasteiger charge is -2.44. The van der Waals surface area contributed by atoms with E-state index in [9.17, 15) is 0 Å². The second kappa shape index (κ2) is 8.64. The van der Waals surface area contributed by atoms with Gasteiger partial charge in [0.1, 0.15) is 0 Å². The molecule has 26 heavy (non-hydrogen) atoms. The molecule has 1 saturated heterocycles. The van der Waals surface area contributed by atoms with Gasteiger partial charge in [-0.25, -0.2) is 0 Å². The van der Waals surface area contributed by atoms with E-state index in [1.54, 1.807) is 0 Å². The Morgan fingerprint density at radius 1 is 1.00 bits per heavy atom. The summed E-state index contributed by atoms with van der Waals surface area (Å²) in [6, 6.07) is 4.93. The Hall–Kier alpha value is -1.93. The van der Waals surface area contributed by atoms with E-state index in [1.807, 2.05) is 30.4 Å². The van der Waals surface area contributed by atoms with E-state index in [0.717, 1.165) is 30.0 Å². The molecule has 1 aromatic rings. The fourth-order valence-corrected chi connectivity index (χ4v) is 4.18. The molecule has 0 radical (unpaired) electrons. The smallest absolute Gasteiger partial charge is 0.0611 e. The van der Waals surface area contributed by atoms with Crippen molar-refractivity contribution in [1.29, 1.82) is 0 Å². The summed E-state index contributed by atoms with van der Waals surface area (Å²) in [5.74, 6) is 2.39. The van der Waals surface area contributed by atoms with Crippen LogP contribution in [0.3, 0.4) is 0 Å². The van der Waals surface area contributed by atoms with Crippen molar-refractivity contribution in [3.8, 4) is 0 Å². The maximum Gasteiger partial charge on any atom is 0.0611 e. The van der Waals surface area contributed by atoms with Crippen molar-refractivity contribution < 1.29 is 0 Å². The number of piperidine rings is 1. The number of rotatable bonds is 0. The van der Waals surface area contributed by atoms with Gasteiger partial charge in [0.25, 0.3) is 0 Å². The summed E-state index contributed by atoms with van der Waals surface area (Å²) in [6.07, 6.45) is 16.8. The Labute approximate surface area is 158 Å². The van der Waals surface area contributed by atoms with Crippen molar-refractivity contribution in [1.82, 2.24) is 10.3 Å². The number of fused-ring (bicyclic) bond motifs is 3. The zero-order chi connectivity index (χ0) is 18.5. The van der Waals surface area contributed by atoms with Crippen molar-refractivity contribution in [2.75, 3.05) is 6.54 Å². The van der Waals surface area contributed by atoms with Gasteiger partial charge in [0.05, 0.1) is 11.7 Å². The Balaban J connectivity index is 0.000000185. The lowest BCUT2D eigenvalue weighted by atomic mass is 9.69. The summed E-state index contributed by atoms with van der Waals surface area (Å²) < 4.78 is 0. The van der Waals surface area contributed by atoms with E-state index < -0.39 is 0 Å². The summed E-state index contributed by atoms with van der Waals surface area (Å²) >= 11 is 0. The lowest BCUT2D eigenvalue weighted by Crippen LogP contribution is -2.46. The summed E-state index contributed by atoms with van der Waals surface area (Å²) in [5, 5.41) is 3.72. The minimum Gasteiger partial charge on any atom is -0.308 e. The van der Waals surface area contributed by atoms with E-state index in [2.05, 4.69) is 57.3 Å². The monoisotopic (exact) mass is 348 g/mol. The van der Waals surface area contributed by atoms with E-state index in [4.69, 9.17) is 4.98 Å². The summed E-state index contributed by atoms with van der Waals surface area (Å²) in [6.45, 7) is 10.1. The Morgan fingerprint density at radius 2 is 1.77 bits per heavy atom. The third-order valence-electron chi connectivity index (χ3n) is 6.02. The van der Waals surface area contributed by atoms with Gasteiger partial charge in [-0.1, -0.05) is 68.0 Å². The predicted molar refractivity (Wildman–Crippen MR) is 111 cm³/mol. The number of hydrogen-bond acceptors (Lipinski definition) is 2. The first-order valence-corrected chi connectivity index (χ1v) is 9.94. The molecular weight excluding hydrogens is 316 g/mol. The number of nitrogens with zero attached hydrogens (tertiary/aromatic N) is 1. The van der Waals surface area contributed by atoms with E-state index in [0.29, 0.717) is 6.04 Å². The molecule has 4 rings (SSSR count). The quantitative estimate of drug-likeness (QED) is 0.671. The van der Waals surface area contributed by atoms with Gasteiger partial charge in [0.2, 0.25) is 0 Å². The van der Waals surface area contributed by atoms with Crippen LogP contribution in [-0.4, -0.2) is 11.5 Å². The molecular formula is C24H32N2. The second-order valence-corrected chi connectivity index (χ2v) is 7.96. The second-order valence-electron chi connectivity index (χ2n) is 7.96. The molecule has 1 aliphatic heterocycles. The molecule has 4 atom stereocenters. The molecule has 1 N–H and O–H groups in total. The summed E-state index contributed by atoms with van der Waals surface area (Å²) in [4.78, 5) is 4.80. The molecule has 0 amide bonds. The van der Waals surface area contributed by atoms with Crippen LogP contribution >= 0.6 is 0 Å². The van der Waals surface area contributed by atoms with Gasteiger partial charge < -0.3 is 5.32 Å². The van der Waals surface area contributed by atoms with E-state index >= 15 is 0 Å². The normalized spacial score (nSPS) is 35.2. The highest BCUT2D eigenvalue weighted by molar-refractivity contribution is 5.30. The standard InChI is InChI=1S/C15H22N2.C9H10/c1-9-8-16-15-13(11(9)3)7-6-12-5-4-10(2)17-14(12)15;1-9-7-5-3-2-4-6-8-9/h4-5,9,11,13,15-16H,6-8H2,1-3H3;2-8H,1H3/b;3-2-,4-2?,5-3?,6-4-,7-5-,8-6?,9-7?,9-8-.